The lowest BCUT2D eigenvalue weighted by atomic mass is 10.1. The van der Waals surface area contributed by atoms with Gasteiger partial charge in [0, 0.05) is 17.7 Å². The molecule has 0 aliphatic rings. The second-order valence-corrected chi connectivity index (χ2v) is 12.2. The van der Waals surface area contributed by atoms with Crippen molar-refractivity contribution in [3.63, 3.8) is 0 Å². The highest BCUT2D eigenvalue weighted by Gasteiger charge is 2.25. The molecule has 20 heteroatoms. The fourth-order valence-corrected chi connectivity index (χ4v) is 5.76. The number of hydrogen-bond acceptors (Lipinski definition) is 12. The molecule has 0 aliphatic heterocycles. The minimum absolute atomic E-state index is 0.00877. The van der Waals surface area contributed by atoms with E-state index in [1.807, 2.05) is 0 Å². The van der Waals surface area contributed by atoms with E-state index in [-0.39, 0.29) is 39.2 Å². The van der Waals surface area contributed by atoms with E-state index < -0.39 is 52.0 Å². The van der Waals surface area contributed by atoms with Crippen molar-refractivity contribution in [2.75, 3.05) is 0 Å². The number of hydrogen-bond donors (Lipinski definition) is 3. The van der Waals surface area contributed by atoms with Gasteiger partial charge < -0.3 is 4.98 Å². The van der Waals surface area contributed by atoms with Gasteiger partial charge >= 0.3 is 0 Å². The molecule has 0 aliphatic carbocycles. The monoisotopic (exact) mass is 661 g/mol. The van der Waals surface area contributed by atoms with Gasteiger partial charge in [0.05, 0.1) is 32.6 Å². The Balaban J connectivity index is 1.64. The van der Waals surface area contributed by atoms with Crippen molar-refractivity contribution in [2.24, 2.45) is 10.2 Å². The minimum Gasteiger partial charge on any atom is -0.304 e. The molecular weight excluding hydrogens is 646 g/mol. The summed E-state index contributed by atoms with van der Waals surface area (Å²) in [7, 11) is -9.90. The van der Waals surface area contributed by atoms with E-state index >= 15 is 0 Å². The van der Waals surface area contributed by atoms with Crippen molar-refractivity contribution in [3.8, 4) is 23.0 Å². The average Bonchev–Trinajstić information content (AvgIpc) is 3.60. The molecule has 0 unspecified atom stereocenters. The van der Waals surface area contributed by atoms with Crippen LogP contribution in [0, 0.1) is 21.4 Å². The van der Waals surface area contributed by atoms with Gasteiger partial charge in [-0.05, 0) is 30.3 Å². The van der Waals surface area contributed by atoms with Crippen LogP contribution in [0.2, 0.25) is 0 Å². The molecule has 3 aromatic heterocycles. The number of nitriles is 1. The standard InChI is InChI=1S/C26H15N9O9S2/c27-12-15-13-28-33(20-11-17(45(39,40)41)8-9-21(20)46(42,43)44)24(15)31-30-23-22(14-4-3-5-16(10-14)35(37)38)32-34-19-7-2-1-6-18(19)26(36)29-25(23)34/h1-11,13H,(H,29,36)(H,39,40,41)(H,42,43,44). The van der Waals surface area contributed by atoms with Gasteiger partial charge in [0.15, 0.2) is 17.2 Å². The van der Waals surface area contributed by atoms with Gasteiger partial charge in [-0.3, -0.25) is 24.0 Å². The second-order valence-electron chi connectivity index (χ2n) is 9.42. The molecule has 6 rings (SSSR count). The first kappa shape index (κ1) is 29.9. The zero-order valence-electron chi connectivity index (χ0n) is 22.6. The first-order valence-electron chi connectivity index (χ1n) is 12.6. The molecule has 3 aromatic carbocycles. The van der Waals surface area contributed by atoms with E-state index in [4.69, 9.17) is 0 Å². The Morgan fingerprint density at radius 3 is 2.43 bits per heavy atom. The third kappa shape index (κ3) is 5.16. The van der Waals surface area contributed by atoms with Crippen molar-refractivity contribution in [1.29, 1.82) is 5.26 Å². The maximum absolute atomic E-state index is 13.0. The fraction of sp³-hybridized carbons (Fsp3) is 0. The summed E-state index contributed by atoms with van der Waals surface area (Å²) in [6.45, 7) is 0. The molecule has 230 valence electrons. The topological polar surface area (TPSA) is 268 Å². The van der Waals surface area contributed by atoms with Gasteiger partial charge in [0.1, 0.15) is 22.2 Å². The quantitative estimate of drug-likeness (QED) is 0.0956. The zero-order valence-corrected chi connectivity index (χ0v) is 24.2. The third-order valence-corrected chi connectivity index (χ3v) is 8.39. The van der Waals surface area contributed by atoms with E-state index in [0.717, 1.165) is 12.3 Å². The smallest absolute Gasteiger partial charge is 0.296 e. The van der Waals surface area contributed by atoms with E-state index in [1.165, 1.54) is 28.8 Å². The van der Waals surface area contributed by atoms with Crippen LogP contribution in [0.15, 0.2) is 97.7 Å². The molecule has 46 heavy (non-hydrogen) atoms. The molecule has 0 spiro atoms. The molecule has 0 atom stereocenters. The number of fused-ring (bicyclic) bond motifs is 3. The van der Waals surface area contributed by atoms with E-state index in [0.29, 0.717) is 22.3 Å². The second kappa shape index (κ2) is 10.8. The van der Waals surface area contributed by atoms with Crippen molar-refractivity contribution in [1.82, 2.24) is 24.4 Å². The van der Waals surface area contributed by atoms with E-state index in [1.54, 1.807) is 30.3 Å². The summed E-state index contributed by atoms with van der Waals surface area (Å²) >= 11 is 0. The van der Waals surface area contributed by atoms with Gasteiger partial charge in [0.2, 0.25) is 0 Å². The Bertz CT molecular complexity index is 2620. The van der Waals surface area contributed by atoms with Gasteiger partial charge in [-0.15, -0.1) is 10.2 Å². The summed E-state index contributed by atoms with van der Waals surface area (Å²) in [6, 6.07) is 15.7. The molecule has 18 nitrogen and oxygen atoms in total. The number of nitro groups is 1. The van der Waals surface area contributed by atoms with Gasteiger partial charge in [-0.1, -0.05) is 24.3 Å². The van der Waals surface area contributed by atoms with Crippen molar-refractivity contribution in [2.45, 2.75) is 9.79 Å². The fourth-order valence-electron chi connectivity index (χ4n) is 4.61. The number of rotatable bonds is 7. The number of H-pyrrole nitrogens is 1. The summed E-state index contributed by atoms with van der Waals surface area (Å²) < 4.78 is 69.4. The summed E-state index contributed by atoms with van der Waals surface area (Å²) in [5, 5.41) is 38.3. The third-order valence-electron chi connectivity index (χ3n) is 6.64. The number of aromatic nitrogens is 5. The van der Waals surface area contributed by atoms with Crippen LogP contribution in [-0.2, 0) is 20.2 Å². The van der Waals surface area contributed by atoms with Crippen LogP contribution in [0.3, 0.4) is 0 Å². The summed E-state index contributed by atoms with van der Waals surface area (Å²) in [5.74, 6) is -0.465. The van der Waals surface area contributed by atoms with Crippen LogP contribution in [-0.4, -0.2) is 55.2 Å². The van der Waals surface area contributed by atoms with Crippen LogP contribution in [0.25, 0.3) is 33.5 Å². The molecule has 0 amide bonds. The molecule has 3 heterocycles. The number of para-hydroxylation sites is 1. The number of benzene rings is 3. The number of non-ortho nitro benzene ring substituents is 1. The molecule has 0 fully saturated rings. The first-order valence-corrected chi connectivity index (χ1v) is 15.4. The van der Waals surface area contributed by atoms with Crippen molar-refractivity contribution < 1.29 is 30.9 Å². The molecule has 6 aromatic rings. The lowest BCUT2D eigenvalue weighted by Crippen LogP contribution is -2.09. The van der Waals surface area contributed by atoms with Crippen LogP contribution in [0.4, 0.5) is 17.2 Å². The summed E-state index contributed by atoms with van der Waals surface area (Å²) in [5.41, 5.74) is -1.33. The maximum atomic E-state index is 13.0. The number of aromatic amines is 1. The highest BCUT2D eigenvalue weighted by atomic mass is 32.2. The average molecular weight is 662 g/mol. The van der Waals surface area contributed by atoms with E-state index in [2.05, 4.69) is 25.4 Å². The molecule has 3 N–H and O–H groups in total. The number of nitro benzene ring substituents is 1. The summed E-state index contributed by atoms with van der Waals surface area (Å²) in [4.78, 5) is 24.9. The molecular formula is C26H15N9O9S2. The number of nitrogens with zero attached hydrogens (tertiary/aromatic N) is 8. The normalized spacial score (nSPS) is 12.2. The largest absolute Gasteiger partial charge is 0.304 e. The Labute approximate surface area is 256 Å². The molecule has 0 saturated carbocycles. The minimum atomic E-state index is -5.03. The van der Waals surface area contributed by atoms with Gasteiger partial charge in [0.25, 0.3) is 31.5 Å². The maximum Gasteiger partial charge on any atom is 0.296 e. The lowest BCUT2D eigenvalue weighted by molar-refractivity contribution is -0.384. The van der Waals surface area contributed by atoms with Crippen LogP contribution in [0.5, 0.6) is 0 Å². The van der Waals surface area contributed by atoms with Crippen molar-refractivity contribution >= 4 is 54.0 Å². The predicted octanol–water partition coefficient (Wildman–Crippen LogP) is 3.72. The Hall–Kier alpha value is -6.14. The number of nitrogens with one attached hydrogen (secondary N) is 1. The Morgan fingerprint density at radius 1 is 0.978 bits per heavy atom. The Kier molecular flexibility index (Phi) is 7.01. The van der Waals surface area contributed by atoms with Gasteiger partial charge in [-0.25, -0.2) is 9.20 Å². The highest BCUT2D eigenvalue weighted by molar-refractivity contribution is 7.86. The van der Waals surface area contributed by atoms with E-state index in [9.17, 15) is 46.1 Å². The lowest BCUT2D eigenvalue weighted by Gasteiger charge is -2.10. The molecule has 0 bridgehead atoms. The van der Waals surface area contributed by atoms with Crippen LogP contribution in [0.1, 0.15) is 5.56 Å². The summed E-state index contributed by atoms with van der Waals surface area (Å²) in [6.07, 6.45) is 0.954. The zero-order chi connectivity index (χ0) is 33.0. The van der Waals surface area contributed by atoms with Crippen molar-refractivity contribution in [3.05, 3.63) is 99.0 Å². The highest BCUT2D eigenvalue weighted by Crippen LogP contribution is 2.37. The molecule has 0 saturated heterocycles. The van der Waals surface area contributed by atoms with Gasteiger partial charge in [-0.2, -0.15) is 32.3 Å². The van der Waals surface area contributed by atoms with Crippen LogP contribution >= 0.6 is 0 Å². The van der Waals surface area contributed by atoms with Crippen LogP contribution < -0.4 is 5.56 Å². The first-order chi connectivity index (χ1) is 21.8. The Morgan fingerprint density at radius 2 is 1.74 bits per heavy atom. The SMILES string of the molecule is N#Cc1cnn(-c2cc(S(=O)(=O)O)ccc2S(=O)(=O)O)c1N=Nc1c(-c2cccc([N+](=O)[O-])c2)nn2c1[nH]c(=O)c1ccccc12. The molecule has 0 radical (unpaired) electrons. The number of azo groups is 1. The predicted molar refractivity (Wildman–Crippen MR) is 157 cm³/mol.